The number of epoxide rings is 2. The predicted octanol–water partition coefficient (Wildman–Crippen LogP) is 4.71. The minimum absolute atomic E-state index is 0. The molecule has 36 heavy (non-hydrogen) atoms. The van der Waals surface area contributed by atoms with E-state index in [4.69, 9.17) is 56.7 Å². The van der Waals surface area contributed by atoms with Crippen molar-refractivity contribution in [3.63, 3.8) is 0 Å². The SMILES string of the molecule is C.CCC[C@H]1CC[C@@H]2O[C@@H]3C[C@]2(CC2OC23)O1.ClCCl.OCC[C@H]1CC[C@@H]2O[C@@H]3C[C@]2(CC2OC23)O1. The summed E-state index contributed by atoms with van der Waals surface area (Å²) < 4.78 is 36.0. The zero-order valence-corrected chi connectivity index (χ0v) is 22.1. The van der Waals surface area contributed by atoms with Crippen LogP contribution in [0.25, 0.3) is 0 Å². The number of aliphatic hydroxyl groups excluding tert-OH is 1. The molecule has 4 unspecified atom stereocenters. The summed E-state index contributed by atoms with van der Waals surface area (Å²) in [6.45, 7) is 2.46. The van der Waals surface area contributed by atoms with Crippen molar-refractivity contribution in [3.05, 3.63) is 0 Å². The third-order valence-electron chi connectivity index (χ3n) is 9.38. The van der Waals surface area contributed by atoms with E-state index in [0.29, 0.717) is 42.7 Å². The van der Waals surface area contributed by atoms with Gasteiger partial charge in [0.2, 0.25) is 0 Å². The second kappa shape index (κ2) is 11.1. The number of aliphatic hydroxyl groups is 1. The number of hydrogen-bond acceptors (Lipinski definition) is 7. The van der Waals surface area contributed by atoms with Crippen LogP contribution in [-0.4, -0.2) is 89.3 Å². The molecule has 4 bridgehead atoms. The summed E-state index contributed by atoms with van der Waals surface area (Å²) in [5.41, 5.74) is -0.0547. The van der Waals surface area contributed by atoms with Crippen LogP contribution in [0.15, 0.2) is 0 Å². The van der Waals surface area contributed by atoms with Crippen LogP contribution in [0.5, 0.6) is 0 Å². The summed E-state index contributed by atoms with van der Waals surface area (Å²) in [6, 6.07) is 0. The molecule has 208 valence electrons. The zero-order chi connectivity index (χ0) is 24.2. The Morgan fingerprint density at radius 1 is 0.694 bits per heavy atom. The first-order valence-corrected chi connectivity index (χ1v) is 14.8. The first-order valence-electron chi connectivity index (χ1n) is 13.7. The molecule has 0 aromatic carbocycles. The highest BCUT2D eigenvalue weighted by Gasteiger charge is 2.67. The Morgan fingerprint density at radius 3 is 1.53 bits per heavy atom. The minimum atomic E-state index is -0.0829. The van der Waals surface area contributed by atoms with Crippen molar-refractivity contribution in [2.24, 2.45) is 0 Å². The van der Waals surface area contributed by atoms with E-state index in [2.05, 4.69) is 6.92 Å². The lowest BCUT2D eigenvalue weighted by Crippen LogP contribution is -2.50. The van der Waals surface area contributed by atoms with Crippen molar-refractivity contribution in [1.82, 2.24) is 0 Å². The van der Waals surface area contributed by atoms with Crippen LogP contribution < -0.4 is 0 Å². The van der Waals surface area contributed by atoms with Gasteiger partial charge in [0.1, 0.15) is 12.2 Å². The summed E-state index contributed by atoms with van der Waals surface area (Å²) in [5.74, 6) is 0. The van der Waals surface area contributed by atoms with E-state index in [0.717, 1.165) is 44.9 Å². The quantitative estimate of drug-likeness (QED) is 0.401. The topological polar surface area (TPSA) is 82.2 Å². The van der Waals surface area contributed by atoms with Gasteiger partial charge in [-0.15, -0.1) is 23.2 Å². The van der Waals surface area contributed by atoms with Gasteiger partial charge >= 0.3 is 0 Å². The first kappa shape index (κ1) is 27.9. The van der Waals surface area contributed by atoms with Gasteiger partial charge in [0.25, 0.3) is 0 Å². The van der Waals surface area contributed by atoms with E-state index in [1.165, 1.54) is 25.7 Å². The highest BCUT2D eigenvalue weighted by atomic mass is 35.5. The molecule has 12 atom stereocenters. The fourth-order valence-corrected chi connectivity index (χ4v) is 7.84. The summed E-state index contributed by atoms with van der Waals surface area (Å²) in [4.78, 5) is 0. The van der Waals surface area contributed by atoms with E-state index < -0.39 is 0 Å². The minimum Gasteiger partial charge on any atom is -0.396 e. The van der Waals surface area contributed by atoms with E-state index >= 15 is 0 Å². The van der Waals surface area contributed by atoms with Crippen LogP contribution in [0.4, 0.5) is 0 Å². The molecule has 2 aliphatic carbocycles. The van der Waals surface area contributed by atoms with Crippen molar-refractivity contribution in [2.45, 2.75) is 157 Å². The third kappa shape index (κ3) is 5.11. The molecular weight excluding hydrogens is 507 g/mol. The fraction of sp³-hybridized carbons (Fsp3) is 1.00. The molecule has 0 aromatic rings. The van der Waals surface area contributed by atoms with Gasteiger partial charge < -0.3 is 33.5 Å². The maximum Gasteiger partial charge on any atom is 0.110 e. The Balaban J connectivity index is 0.000000131. The van der Waals surface area contributed by atoms with Gasteiger partial charge in [0, 0.05) is 32.3 Å². The van der Waals surface area contributed by atoms with Gasteiger partial charge in [-0.2, -0.15) is 0 Å². The number of alkyl halides is 2. The van der Waals surface area contributed by atoms with Crippen molar-refractivity contribution in [2.75, 3.05) is 11.9 Å². The van der Waals surface area contributed by atoms with E-state index in [1.807, 2.05) is 0 Å². The molecule has 0 amide bonds. The molecule has 1 N–H and O–H groups in total. The number of hydrogen-bond donors (Lipinski definition) is 1. The van der Waals surface area contributed by atoms with Crippen LogP contribution in [0.3, 0.4) is 0 Å². The highest BCUT2D eigenvalue weighted by Crippen LogP contribution is 2.56. The number of fused-ring (bicyclic) bond motifs is 6. The average Bonchev–Trinajstić information content (AvgIpc) is 3.71. The van der Waals surface area contributed by atoms with Gasteiger partial charge in [0.05, 0.1) is 65.4 Å². The smallest absolute Gasteiger partial charge is 0.110 e. The summed E-state index contributed by atoms with van der Waals surface area (Å²) >= 11 is 9.53. The Kier molecular flexibility index (Phi) is 8.55. The molecule has 0 aromatic heterocycles. The molecule has 8 fully saturated rings. The normalized spacial score (nSPS) is 52.0. The Labute approximate surface area is 225 Å². The fourth-order valence-electron chi connectivity index (χ4n) is 7.84. The van der Waals surface area contributed by atoms with E-state index in [9.17, 15) is 0 Å². The molecule has 6 saturated heterocycles. The van der Waals surface area contributed by atoms with Gasteiger partial charge in [-0.25, -0.2) is 0 Å². The van der Waals surface area contributed by atoms with Crippen LogP contribution in [0, 0.1) is 0 Å². The number of ether oxygens (including phenoxy) is 6. The zero-order valence-electron chi connectivity index (χ0n) is 20.6. The van der Waals surface area contributed by atoms with Gasteiger partial charge in [-0.3, -0.25) is 0 Å². The summed E-state index contributed by atoms with van der Waals surface area (Å²) in [5, 5.41) is 9.20. The predicted molar refractivity (Wildman–Crippen MR) is 137 cm³/mol. The number of halogens is 2. The lowest BCUT2D eigenvalue weighted by molar-refractivity contribution is -0.172. The Hall–Kier alpha value is 0.300. The van der Waals surface area contributed by atoms with Gasteiger partial charge in [0.15, 0.2) is 0 Å². The third-order valence-corrected chi connectivity index (χ3v) is 9.38. The van der Waals surface area contributed by atoms with Crippen molar-refractivity contribution in [1.29, 1.82) is 0 Å². The van der Waals surface area contributed by atoms with Gasteiger partial charge in [-0.1, -0.05) is 20.8 Å². The molecule has 9 heteroatoms. The summed E-state index contributed by atoms with van der Waals surface area (Å²) in [7, 11) is 0. The monoisotopic (exact) mass is 550 g/mol. The highest BCUT2D eigenvalue weighted by molar-refractivity contribution is 6.40. The summed E-state index contributed by atoms with van der Waals surface area (Å²) in [6.07, 6.45) is 15.4. The maximum absolute atomic E-state index is 9.01. The molecule has 6 aliphatic heterocycles. The average molecular weight is 552 g/mol. The molecule has 2 spiro atoms. The molecule has 8 rings (SSSR count). The molecule has 0 radical (unpaired) electrons. The molecule has 6 heterocycles. The standard InChI is InChI=1S/C13H20O3.C12H18O4.CH2Cl2.CH4/c1-2-3-8-4-5-11-13(16-8)6-9(14-11)12-10(7-13)15-12;13-4-3-7-1-2-10-12(16-7)5-8(14-10)11-9(6-12)15-11;2-1-3;/h8-12H,2-7H2,1H3;7-11,13H,1-6H2;1H2;1H4/t8-,9+,10?,11-,12?,13+;7-,8-,9?,10+,11?,12-;;/m01../s1. The van der Waals surface area contributed by atoms with E-state index in [-0.39, 0.29) is 48.9 Å². The van der Waals surface area contributed by atoms with Gasteiger partial charge in [-0.05, 0) is 38.5 Å². The van der Waals surface area contributed by atoms with Crippen LogP contribution in [0.2, 0.25) is 0 Å². The Bertz CT molecular complexity index is 692. The van der Waals surface area contributed by atoms with Crippen LogP contribution in [-0.2, 0) is 28.4 Å². The first-order chi connectivity index (χ1) is 17.0. The van der Waals surface area contributed by atoms with Crippen molar-refractivity contribution >= 4 is 23.2 Å². The molecule has 2 saturated carbocycles. The second-order valence-corrected chi connectivity index (χ2v) is 12.4. The lowest BCUT2D eigenvalue weighted by Gasteiger charge is -2.42. The largest absolute Gasteiger partial charge is 0.396 e. The molecule has 8 aliphatic rings. The Morgan fingerprint density at radius 2 is 1.11 bits per heavy atom. The molecule has 7 nitrogen and oxygen atoms in total. The van der Waals surface area contributed by atoms with Crippen LogP contribution >= 0.6 is 23.2 Å². The second-order valence-electron chi connectivity index (χ2n) is 11.6. The molecular formula is C27H44Cl2O7. The van der Waals surface area contributed by atoms with Crippen molar-refractivity contribution < 1.29 is 33.5 Å². The lowest BCUT2D eigenvalue weighted by atomic mass is 9.78. The number of rotatable bonds is 4. The van der Waals surface area contributed by atoms with Crippen LogP contribution in [0.1, 0.15) is 85.0 Å². The van der Waals surface area contributed by atoms with E-state index in [1.54, 1.807) is 0 Å². The maximum atomic E-state index is 9.01. The van der Waals surface area contributed by atoms with Crippen molar-refractivity contribution in [3.8, 4) is 0 Å².